The van der Waals surface area contributed by atoms with Gasteiger partial charge in [0, 0.05) is 22.9 Å². The number of carbonyl (C=O) groups excluding carboxylic acids is 1. The summed E-state index contributed by atoms with van der Waals surface area (Å²) < 4.78 is 5.37. The van der Waals surface area contributed by atoms with E-state index >= 15 is 0 Å². The Hall–Kier alpha value is 0.890. The molecule has 0 rings (SSSR count). The molecule has 0 fully saturated rings. The van der Waals surface area contributed by atoms with Gasteiger partial charge in [-0.05, 0) is 13.8 Å². The molecule has 0 aromatic rings. The molecule has 0 aromatic carbocycles. The van der Waals surface area contributed by atoms with Gasteiger partial charge in [-0.3, -0.25) is 8.32 Å². The van der Waals surface area contributed by atoms with Gasteiger partial charge in [0.15, 0.2) is 0 Å². The minimum atomic E-state index is -0.470. The Morgan fingerprint density at radius 1 is 1.44 bits per heavy atom. The molecule has 0 heterocycles. The molecule has 0 radical (unpaired) electrons. The lowest BCUT2D eigenvalue weighted by Crippen LogP contribution is -2.45. The number of hydrogen-bond acceptors (Lipinski definition) is 2. The van der Waals surface area contributed by atoms with Gasteiger partial charge in [-0.25, -0.2) is 3.53 Å². The molecular weight excluding hydrogens is 346 g/mol. The lowest BCUT2D eigenvalue weighted by Gasteiger charge is -2.18. The molecule has 54 valence electrons. The van der Waals surface area contributed by atoms with E-state index in [1.165, 1.54) is 0 Å². The minimum absolute atomic E-state index is 0.0162. The van der Waals surface area contributed by atoms with E-state index in [0.29, 0.717) is 0 Å². The van der Waals surface area contributed by atoms with Crippen molar-refractivity contribution in [2.75, 3.05) is 0 Å². The maximum absolute atomic E-state index is 10.9. The van der Waals surface area contributed by atoms with Crippen LogP contribution in [0.25, 0.3) is 0 Å². The Balaban J connectivity index is 3.97. The molecule has 2 N–H and O–H groups in total. The molecule has 0 aliphatic rings. The van der Waals surface area contributed by atoms with Gasteiger partial charge in [-0.1, -0.05) is 0 Å². The summed E-state index contributed by atoms with van der Waals surface area (Å²) in [5, 5.41) is 0. The summed E-state index contributed by atoms with van der Waals surface area (Å²) in [6.07, 6.45) is 0. The van der Waals surface area contributed by atoms with Crippen LogP contribution >= 0.6 is 45.7 Å². The molecule has 5 heteroatoms. The van der Waals surface area contributed by atoms with Crippen molar-refractivity contribution in [3.8, 4) is 0 Å². The molecule has 3 nitrogen and oxygen atoms in total. The predicted molar refractivity (Wildman–Crippen MR) is 53.4 cm³/mol. The van der Waals surface area contributed by atoms with Crippen LogP contribution in [0.3, 0.4) is 0 Å². The van der Waals surface area contributed by atoms with Crippen molar-refractivity contribution in [2.45, 2.75) is 19.4 Å². The van der Waals surface area contributed by atoms with Crippen molar-refractivity contribution in [3.63, 3.8) is 0 Å². The van der Waals surface area contributed by atoms with E-state index in [9.17, 15) is 4.79 Å². The van der Waals surface area contributed by atoms with Gasteiger partial charge < -0.3 is 0 Å². The third-order valence-corrected chi connectivity index (χ3v) is 2.73. The Morgan fingerprint density at radius 2 is 1.89 bits per heavy atom. The van der Waals surface area contributed by atoms with E-state index in [1.807, 2.05) is 59.6 Å². The smallest absolute Gasteiger partial charge is 0.249 e. The van der Waals surface area contributed by atoms with Gasteiger partial charge in [-0.15, -0.1) is 0 Å². The van der Waals surface area contributed by atoms with Gasteiger partial charge in [0.1, 0.15) is 5.54 Å². The van der Waals surface area contributed by atoms with E-state index in [2.05, 4.69) is 7.06 Å². The van der Waals surface area contributed by atoms with Crippen molar-refractivity contribution in [3.05, 3.63) is 0 Å². The molecule has 0 atom stereocenters. The molecule has 0 saturated heterocycles. The highest BCUT2D eigenvalue weighted by Gasteiger charge is 2.24. The van der Waals surface area contributed by atoms with Gasteiger partial charge >= 0.3 is 0 Å². The van der Waals surface area contributed by atoms with Crippen LogP contribution in [0, 0.1) is 0 Å². The standard InChI is InChI=1S/C4H8I2N2O/c1-4(2,8-6)3(9)7-5/h8H,1-2H3,(H,7,9). The van der Waals surface area contributed by atoms with Crippen molar-refractivity contribution in [1.29, 1.82) is 0 Å². The Labute approximate surface area is 82.3 Å². The molecule has 0 spiro atoms. The highest BCUT2D eigenvalue weighted by Crippen LogP contribution is 2.04. The molecule has 0 aliphatic carbocycles. The fraction of sp³-hybridized carbons (Fsp3) is 0.750. The lowest BCUT2D eigenvalue weighted by molar-refractivity contribution is -0.123. The summed E-state index contributed by atoms with van der Waals surface area (Å²) in [7, 11) is 0. The third kappa shape index (κ3) is 2.99. The molecule has 9 heavy (non-hydrogen) atoms. The fourth-order valence-electron chi connectivity index (χ4n) is 0.161. The number of rotatable bonds is 2. The van der Waals surface area contributed by atoms with E-state index < -0.39 is 5.54 Å². The molecule has 0 aromatic heterocycles. The van der Waals surface area contributed by atoms with Crippen LogP contribution < -0.4 is 7.06 Å². The monoisotopic (exact) mass is 354 g/mol. The molecule has 1 amide bonds. The molecular formula is C4H8I2N2O. The first kappa shape index (κ1) is 9.89. The second-order valence-electron chi connectivity index (χ2n) is 2.14. The van der Waals surface area contributed by atoms with E-state index in [-0.39, 0.29) is 5.91 Å². The quantitative estimate of drug-likeness (QED) is 0.578. The normalized spacial score (nSPS) is 11.1. The fourth-order valence-corrected chi connectivity index (χ4v) is 1.08. The summed E-state index contributed by atoms with van der Waals surface area (Å²) in [4.78, 5) is 10.9. The van der Waals surface area contributed by atoms with Crippen LogP contribution in [0.15, 0.2) is 0 Å². The van der Waals surface area contributed by atoms with Crippen LogP contribution in [0.5, 0.6) is 0 Å². The summed E-state index contributed by atoms with van der Waals surface area (Å²) in [5.41, 5.74) is -0.470. The Kier molecular flexibility index (Phi) is 4.30. The highest BCUT2D eigenvalue weighted by molar-refractivity contribution is 14.1. The van der Waals surface area contributed by atoms with Crippen molar-refractivity contribution < 1.29 is 4.79 Å². The van der Waals surface area contributed by atoms with Crippen LogP contribution in [-0.2, 0) is 4.79 Å². The maximum Gasteiger partial charge on any atom is 0.249 e. The number of nitrogens with one attached hydrogen (secondary N) is 2. The molecule has 0 aliphatic heterocycles. The number of amides is 1. The van der Waals surface area contributed by atoms with E-state index in [4.69, 9.17) is 0 Å². The number of carbonyl (C=O) groups is 1. The first-order valence-corrected chi connectivity index (χ1v) is 4.49. The van der Waals surface area contributed by atoms with E-state index in [1.54, 1.807) is 0 Å². The second kappa shape index (κ2) is 3.91. The molecule has 0 saturated carbocycles. The van der Waals surface area contributed by atoms with Crippen molar-refractivity contribution >= 4 is 51.6 Å². The minimum Gasteiger partial charge on any atom is -0.297 e. The highest BCUT2D eigenvalue weighted by atomic mass is 127. The lowest BCUT2D eigenvalue weighted by atomic mass is 10.1. The zero-order valence-electron chi connectivity index (χ0n) is 5.16. The first-order chi connectivity index (χ1) is 4.04. The van der Waals surface area contributed by atoms with Gasteiger partial charge in [-0.2, -0.15) is 0 Å². The topological polar surface area (TPSA) is 41.1 Å². The summed E-state index contributed by atoms with van der Waals surface area (Å²) in [6, 6.07) is 0. The number of hydrogen-bond donors (Lipinski definition) is 2. The molecule has 0 unspecified atom stereocenters. The van der Waals surface area contributed by atoms with Gasteiger partial charge in [0.2, 0.25) is 5.91 Å². The van der Waals surface area contributed by atoms with Crippen molar-refractivity contribution in [2.24, 2.45) is 0 Å². The van der Waals surface area contributed by atoms with Crippen LogP contribution in [0.4, 0.5) is 0 Å². The van der Waals surface area contributed by atoms with E-state index in [0.717, 1.165) is 0 Å². The van der Waals surface area contributed by atoms with Crippen LogP contribution in [-0.4, -0.2) is 11.4 Å². The largest absolute Gasteiger partial charge is 0.297 e. The van der Waals surface area contributed by atoms with Crippen LogP contribution in [0.1, 0.15) is 13.8 Å². The SMILES string of the molecule is CC(C)(NI)C(=O)NI. The third-order valence-electron chi connectivity index (χ3n) is 0.890. The Bertz CT molecular complexity index is 115. The maximum atomic E-state index is 10.9. The first-order valence-electron chi connectivity index (χ1n) is 2.33. The molecule has 0 bridgehead atoms. The van der Waals surface area contributed by atoms with Crippen molar-refractivity contribution in [1.82, 2.24) is 7.06 Å². The Morgan fingerprint density at radius 3 is 2.00 bits per heavy atom. The van der Waals surface area contributed by atoms with Crippen LogP contribution in [0.2, 0.25) is 0 Å². The zero-order chi connectivity index (χ0) is 7.49. The summed E-state index contributed by atoms with van der Waals surface area (Å²) >= 11 is 3.77. The summed E-state index contributed by atoms with van der Waals surface area (Å²) in [5.74, 6) is -0.0162. The average Bonchev–Trinajstić information content (AvgIpc) is 1.86. The van der Waals surface area contributed by atoms with Gasteiger partial charge in [0.05, 0.1) is 22.9 Å². The summed E-state index contributed by atoms with van der Waals surface area (Å²) in [6.45, 7) is 3.63. The predicted octanol–water partition coefficient (Wildman–Crippen LogP) is 1.17. The second-order valence-corrected chi connectivity index (χ2v) is 3.22. The average molecular weight is 354 g/mol. The van der Waals surface area contributed by atoms with Gasteiger partial charge in [0.25, 0.3) is 0 Å². The number of halogens is 2. The zero-order valence-corrected chi connectivity index (χ0v) is 9.48.